The average molecular weight is 225 g/mol. The molecule has 0 atom stereocenters. The summed E-state index contributed by atoms with van der Waals surface area (Å²) in [6.07, 6.45) is 0.181. The lowest BCUT2D eigenvalue weighted by atomic mass is 10.2. The molecule has 4 nitrogen and oxygen atoms in total. The molecule has 0 aliphatic rings. The summed E-state index contributed by atoms with van der Waals surface area (Å²) in [6, 6.07) is 5.51. The van der Waals surface area contributed by atoms with E-state index in [2.05, 4.69) is 0 Å². The maximum absolute atomic E-state index is 10.3. The van der Waals surface area contributed by atoms with Crippen molar-refractivity contribution in [3.8, 4) is 11.5 Å². The molecule has 0 saturated heterocycles. The highest BCUT2D eigenvalue weighted by Crippen LogP contribution is 2.27. The standard InChI is InChI=1S/C10H13O4Si/c1-12-6-8-3-4-9(14-7-15-11)10(5-8)13-2/h3-5H,6-7H2,1-2H3. The van der Waals surface area contributed by atoms with Crippen LogP contribution in [0.2, 0.25) is 0 Å². The van der Waals surface area contributed by atoms with E-state index in [1.165, 1.54) is 0 Å². The van der Waals surface area contributed by atoms with Crippen molar-refractivity contribution in [2.24, 2.45) is 0 Å². The Labute approximate surface area is 91.0 Å². The van der Waals surface area contributed by atoms with Crippen LogP contribution in [0.5, 0.6) is 11.5 Å². The van der Waals surface area contributed by atoms with E-state index in [0.717, 1.165) is 5.56 Å². The first-order valence-corrected chi connectivity index (χ1v) is 5.57. The Kier molecular flexibility index (Phi) is 4.99. The second-order valence-electron chi connectivity index (χ2n) is 2.85. The first kappa shape index (κ1) is 11.9. The number of ether oxygens (including phenoxy) is 3. The smallest absolute Gasteiger partial charge is 0.368 e. The number of methoxy groups -OCH3 is 2. The van der Waals surface area contributed by atoms with Crippen LogP contribution in [-0.4, -0.2) is 29.9 Å². The summed E-state index contributed by atoms with van der Waals surface area (Å²) >= 11 is 0. The molecule has 0 aliphatic carbocycles. The van der Waals surface area contributed by atoms with Gasteiger partial charge in [-0.2, -0.15) is 0 Å². The Hall–Kier alpha value is -1.20. The zero-order chi connectivity index (χ0) is 11.1. The quantitative estimate of drug-likeness (QED) is 0.683. The summed E-state index contributed by atoms with van der Waals surface area (Å²) in [5.41, 5.74) is 1.01. The molecular formula is C10H13O4Si. The van der Waals surface area contributed by atoms with E-state index in [9.17, 15) is 4.46 Å². The summed E-state index contributed by atoms with van der Waals surface area (Å²) < 4.78 is 25.7. The molecule has 1 rings (SSSR count). The molecule has 81 valence electrons. The van der Waals surface area contributed by atoms with Crippen LogP contribution >= 0.6 is 0 Å². The Bertz CT molecular complexity index is 327. The van der Waals surface area contributed by atoms with Gasteiger partial charge in [-0.1, -0.05) is 6.07 Å². The molecule has 0 spiro atoms. The summed E-state index contributed by atoms with van der Waals surface area (Å²) in [4.78, 5) is 0. The lowest BCUT2D eigenvalue weighted by Crippen LogP contribution is -2.01. The van der Waals surface area contributed by atoms with E-state index in [1.807, 2.05) is 12.1 Å². The summed E-state index contributed by atoms with van der Waals surface area (Å²) in [6.45, 7) is 0.528. The third kappa shape index (κ3) is 3.45. The van der Waals surface area contributed by atoms with Crippen molar-refractivity contribution in [1.29, 1.82) is 0 Å². The van der Waals surface area contributed by atoms with E-state index in [4.69, 9.17) is 14.2 Å². The van der Waals surface area contributed by atoms with Crippen molar-refractivity contribution < 1.29 is 18.7 Å². The van der Waals surface area contributed by atoms with Crippen LogP contribution in [0.25, 0.3) is 0 Å². The zero-order valence-corrected chi connectivity index (χ0v) is 9.78. The summed E-state index contributed by atoms with van der Waals surface area (Å²) in [5, 5.41) is 0. The first-order chi connectivity index (χ1) is 7.31. The van der Waals surface area contributed by atoms with E-state index in [1.54, 1.807) is 20.3 Å². The number of hydrogen-bond donors (Lipinski definition) is 0. The summed E-state index contributed by atoms with van der Waals surface area (Å²) in [7, 11) is 2.73. The molecular weight excluding hydrogens is 212 g/mol. The van der Waals surface area contributed by atoms with Crippen LogP contribution in [0.1, 0.15) is 5.56 Å². The Morgan fingerprint density at radius 3 is 2.67 bits per heavy atom. The van der Waals surface area contributed by atoms with Gasteiger partial charge in [0.1, 0.15) is 6.23 Å². The highest BCUT2D eigenvalue weighted by molar-refractivity contribution is 6.16. The molecule has 0 heterocycles. The van der Waals surface area contributed by atoms with E-state index >= 15 is 0 Å². The fourth-order valence-corrected chi connectivity index (χ4v) is 1.41. The van der Waals surface area contributed by atoms with Gasteiger partial charge in [-0.05, 0) is 17.7 Å². The normalized spacial score (nSPS) is 9.73. The van der Waals surface area contributed by atoms with Crippen molar-refractivity contribution in [3.63, 3.8) is 0 Å². The number of hydrogen-bond acceptors (Lipinski definition) is 4. The Balaban J connectivity index is 2.82. The molecule has 5 heteroatoms. The van der Waals surface area contributed by atoms with Gasteiger partial charge in [-0.3, -0.25) is 0 Å². The minimum absolute atomic E-state index is 0.181. The summed E-state index contributed by atoms with van der Waals surface area (Å²) in [5.74, 6) is 1.23. The van der Waals surface area contributed by atoms with Gasteiger partial charge in [0.05, 0.1) is 13.7 Å². The second kappa shape index (κ2) is 6.31. The molecule has 0 aliphatic heterocycles. The maximum Gasteiger partial charge on any atom is 0.368 e. The van der Waals surface area contributed by atoms with Gasteiger partial charge in [0.15, 0.2) is 11.5 Å². The van der Waals surface area contributed by atoms with E-state index in [0.29, 0.717) is 18.1 Å². The molecule has 0 N–H and O–H groups in total. The Morgan fingerprint density at radius 2 is 2.07 bits per heavy atom. The van der Waals surface area contributed by atoms with Crippen molar-refractivity contribution in [1.82, 2.24) is 0 Å². The van der Waals surface area contributed by atoms with Gasteiger partial charge in [-0.25, -0.2) is 0 Å². The molecule has 0 saturated carbocycles. The minimum Gasteiger partial charge on any atom is -0.493 e. The van der Waals surface area contributed by atoms with Crippen LogP contribution in [0.3, 0.4) is 0 Å². The molecule has 0 unspecified atom stereocenters. The fourth-order valence-electron chi connectivity index (χ4n) is 1.19. The first-order valence-electron chi connectivity index (χ1n) is 4.45. The Morgan fingerprint density at radius 1 is 1.27 bits per heavy atom. The number of benzene rings is 1. The fraction of sp³-hybridized carbons (Fsp3) is 0.400. The van der Waals surface area contributed by atoms with Gasteiger partial charge in [0.25, 0.3) is 0 Å². The highest BCUT2D eigenvalue weighted by atomic mass is 28.2. The van der Waals surface area contributed by atoms with Crippen LogP contribution in [0, 0.1) is 0 Å². The third-order valence-electron chi connectivity index (χ3n) is 1.83. The highest BCUT2D eigenvalue weighted by Gasteiger charge is 2.05. The van der Waals surface area contributed by atoms with Gasteiger partial charge in [0, 0.05) is 7.11 Å². The molecule has 0 bridgehead atoms. The van der Waals surface area contributed by atoms with Crippen LogP contribution in [0.15, 0.2) is 18.2 Å². The second-order valence-corrected chi connectivity index (χ2v) is 3.43. The third-order valence-corrected chi connectivity index (χ3v) is 2.09. The average Bonchev–Trinajstić information content (AvgIpc) is 2.27. The van der Waals surface area contributed by atoms with Crippen LogP contribution in [0.4, 0.5) is 0 Å². The maximum atomic E-state index is 10.3. The molecule has 0 amide bonds. The lowest BCUT2D eigenvalue weighted by Gasteiger charge is -2.09. The SMILES string of the molecule is COCc1ccc(OC[Si]=O)c(OC)c1. The van der Waals surface area contributed by atoms with E-state index in [-0.39, 0.29) is 6.23 Å². The molecule has 15 heavy (non-hydrogen) atoms. The lowest BCUT2D eigenvalue weighted by molar-refractivity contribution is 0.184. The van der Waals surface area contributed by atoms with E-state index < -0.39 is 9.41 Å². The van der Waals surface area contributed by atoms with Gasteiger partial charge < -0.3 is 18.7 Å². The topological polar surface area (TPSA) is 44.8 Å². The number of rotatable bonds is 6. The van der Waals surface area contributed by atoms with Crippen molar-refractivity contribution in [3.05, 3.63) is 23.8 Å². The van der Waals surface area contributed by atoms with Crippen molar-refractivity contribution in [2.75, 3.05) is 20.4 Å². The molecule has 1 aromatic carbocycles. The van der Waals surface area contributed by atoms with Crippen LogP contribution in [-0.2, 0) is 15.8 Å². The van der Waals surface area contributed by atoms with Gasteiger partial charge >= 0.3 is 9.41 Å². The van der Waals surface area contributed by atoms with Gasteiger partial charge in [0.2, 0.25) is 0 Å². The molecule has 1 radical (unpaired) electrons. The monoisotopic (exact) mass is 225 g/mol. The van der Waals surface area contributed by atoms with Crippen molar-refractivity contribution in [2.45, 2.75) is 6.61 Å². The molecule has 1 aromatic rings. The minimum atomic E-state index is -0.474. The zero-order valence-electron chi connectivity index (χ0n) is 8.78. The van der Waals surface area contributed by atoms with Gasteiger partial charge in [-0.15, -0.1) is 0 Å². The van der Waals surface area contributed by atoms with Crippen molar-refractivity contribution >= 4 is 9.41 Å². The molecule has 0 fully saturated rings. The van der Waals surface area contributed by atoms with Crippen LogP contribution < -0.4 is 9.47 Å². The predicted molar refractivity (Wildman–Crippen MR) is 55.6 cm³/mol. The largest absolute Gasteiger partial charge is 0.493 e. The molecule has 0 aromatic heterocycles. The predicted octanol–water partition coefficient (Wildman–Crippen LogP) is 1.23.